The Balaban J connectivity index is 2.24. The minimum Gasteiger partial charge on any atom is -0.316 e. The van der Waals surface area contributed by atoms with E-state index in [1.54, 1.807) is 0 Å². The Morgan fingerprint density at radius 1 is 1.55 bits per heavy atom. The van der Waals surface area contributed by atoms with Crippen molar-refractivity contribution in [2.75, 3.05) is 13.1 Å². The Labute approximate surface area is 64.9 Å². The van der Waals surface area contributed by atoms with Crippen LogP contribution in [0.3, 0.4) is 0 Å². The van der Waals surface area contributed by atoms with Crippen molar-refractivity contribution in [3.05, 3.63) is 0 Å². The maximum Gasteiger partial charge on any atom is 0.353 e. The molecule has 1 aliphatic rings. The number of halogens is 2. The molecule has 0 aliphatic carbocycles. The molecule has 4 heteroatoms. The van der Waals surface area contributed by atoms with Gasteiger partial charge in [0.1, 0.15) is 0 Å². The van der Waals surface area contributed by atoms with Crippen LogP contribution in [0.15, 0.2) is 0 Å². The topological polar surface area (TPSA) is 21.3 Å². The number of hydrogen-bond acceptors (Lipinski definition) is 2. The van der Waals surface area contributed by atoms with Crippen LogP contribution in [0.2, 0.25) is 0 Å². The first kappa shape index (κ1) is 8.87. The van der Waals surface area contributed by atoms with E-state index in [0.29, 0.717) is 6.54 Å². The summed E-state index contributed by atoms with van der Waals surface area (Å²) in [4.78, 5) is 0. The normalized spacial score (nSPS) is 27.0. The highest BCUT2D eigenvalue weighted by molar-refractivity contribution is 4.69. The SMILES string of the molecule is CC(F)(F)OC1CCCNC1. The van der Waals surface area contributed by atoms with Gasteiger partial charge in [0.05, 0.1) is 6.10 Å². The Morgan fingerprint density at radius 2 is 2.27 bits per heavy atom. The highest BCUT2D eigenvalue weighted by Gasteiger charge is 2.27. The van der Waals surface area contributed by atoms with Crippen LogP contribution in [0, 0.1) is 0 Å². The minimum absolute atomic E-state index is 0.316. The number of hydrogen-bond donors (Lipinski definition) is 1. The Kier molecular flexibility index (Phi) is 2.78. The number of rotatable bonds is 2. The Hall–Kier alpha value is -0.220. The van der Waals surface area contributed by atoms with E-state index in [1.165, 1.54) is 0 Å². The molecule has 0 saturated carbocycles. The lowest BCUT2D eigenvalue weighted by Gasteiger charge is -2.25. The average molecular weight is 165 g/mol. The third-order valence-electron chi connectivity index (χ3n) is 1.63. The van der Waals surface area contributed by atoms with Crippen molar-refractivity contribution in [1.29, 1.82) is 0 Å². The third-order valence-corrected chi connectivity index (χ3v) is 1.63. The largest absolute Gasteiger partial charge is 0.353 e. The van der Waals surface area contributed by atoms with Gasteiger partial charge in [0.25, 0.3) is 0 Å². The molecular formula is C7H13F2NO. The zero-order valence-corrected chi connectivity index (χ0v) is 6.57. The van der Waals surface area contributed by atoms with Gasteiger partial charge in [-0.05, 0) is 19.4 Å². The van der Waals surface area contributed by atoms with E-state index >= 15 is 0 Å². The van der Waals surface area contributed by atoms with Gasteiger partial charge < -0.3 is 10.1 Å². The second-order valence-electron chi connectivity index (χ2n) is 2.89. The summed E-state index contributed by atoms with van der Waals surface area (Å²) in [6.07, 6.45) is -1.65. The van der Waals surface area contributed by atoms with Crippen LogP contribution in [0.5, 0.6) is 0 Å². The summed E-state index contributed by atoms with van der Waals surface area (Å²) in [6.45, 7) is 2.24. The Bertz CT molecular complexity index is 118. The lowest BCUT2D eigenvalue weighted by molar-refractivity contribution is -0.251. The van der Waals surface area contributed by atoms with E-state index < -0.39 is 6.11 Å². The van der Waals surface area contributed by atoms with Gasteiger partial charge in [-0.3, -0.25) is 0 Å². The molecule has 1 saturated heterocycles. The van der Waals surface area contributed by atoms with Crippen LogP contribution >= 0.6 is 0 Å². The molecule has 11 heavy (non-hydrogen) atoms. The smallest absolute Gasteiger partial charge is 0.316 e. The third kappa shape index (κ3) is 3.62. The first-order valence-electron chi connectivity index (χ1n) is 3.84. The molecular weight excluding hydrogens is 152 g/mol. The molecule has 1 N–H and O–H groups in total. The molecule has 1 atom stereocenters. The van der Waals surface area contributed by atoms with E-state index in [2.05, 4.69) is 10.1 Å². The fourth-order valence-electron chi connectivity index (χ4n) is 1.21. The first-order valence-corrected chi connectivity index (χ1v) is 3.84. The van der Waals surface area contributed by atoms with Gasteiger partial charge in [-0.25, -0.2) is 0 Å². The molecule has 1 heterocycles. The molecule has 1 aliphatic heterocycles. The quantitative estimate of drug-likeness (QED) is 0.667. The summed E-state index contributed by atoms with van der Waals surface area (Å²) in [5.74, 6) is 0. The standard InChI is InChI=1S/C7H13F2NO/c1-7(8,9)11-6-3-2-4-10-5-6/h6,10H,2-5H2,1H3. The van der Waals surface area contributed by atoms with Crippen LogP contribution in [-0.4, -0.2) is 25.3 Å². The highest BCUT2D eigenvalue weighted by atomic mass is 19.3. The van der Waals surface area contributed by atoms with E-state index in [9.17, 15) is 8.78 Å². The van der Waals surface area contributed by atoms with Crippen molar-refractivity contribution >= 4 is 0 Å². The monoisotopic (exact) mass is 165 g/mol. The average Bonchev–Trinajstić information content (AvgIpc) is 1.85. The van der Waals surface area contributed by atoms with Gasteiger partial charge in [0, 0.05) is 13.5 Å². The lowest BCUT2D eigenvalue weighted by Crippen LogP contribution is -2.38. The maximum absolute atomic E-state index is 12.3. The lowest BCUT2D eigenvalue weighted by atomic mass is 10.1. The van der Waals surface area contributed by atoms with Gasteiger partial charge >= 0.3 is 6.11 Å². The van der Waals surface area contributed by atoms with Crippen molar-refractivity contribution < 1.29 is 13.5 Å². The second kappa shape index (κ2) is 3.45. The minimum atomic E-state index is -2.98. The van der Waals surface area contributed by atoms with E-state index in [-0.39, 0.29) is 6.10 Å². The van der Waals surface area contributed by atoms with Crippen molar-refractivity contribution in [3.8, 4) is 0 Å². The summed E-state index contributed by atoms with van der Waals surface area (Å²) in [7, 11) is 0. The molecule has 1 unspecified atom stereocenters. The molecule has 2 nitrogen and oxygen atoms in total. The molecule has 0 radical (unpaired) electrons. The van der Waals surface area contributed by atoms with Crippen molar-refractivity contribution in [2.45, 2.75) is 32.0 Å². The molecule has 0 aromatic heterocycles. The van der Waals surface area contributed by atoms with Crippen LogP contribution in [0.1, 0.15) is 19.8 Å². The van der Waals surface area contributed by atoms with Crippen LogP contribution in [0.25, 0.3) is 0 Å². The number of nitrogens with one attached hydrogen (secondary N) is 1. The predicted octanol–water partition coefficient (Wildman–Crippen LogP) is 1.37. The van der Waals surface area contributed by atoms with E-state index in [4.69, 9.17) is 0 Å². The van der Waals surface area contributed by atoms with Gasteiger partial charge in [-0.15, -0.1) is 0 Å². The van der Waals surface area contributed by atoms with E-state index in [0.717, 1.165) is 26.3 Å². The molecule has 1 fully saturated rings. The van der Waals surface area contributed by atoms with Gasteiger partial charge in [-0.2, -0.15) is 8.78 Å². The molecule has 0 aromatic rings. The molecule has 66 valence electrons. The summed E-state index contributed by atoms with van der Waals surface area (Å²) in [6, 6.07) is 0. The second-order valence-corrected chi connectivity index (χ2v) is 2.89. The van der Waals surface area contributed by atoms with Gasteiger partial charge in [0.15, 0.2) is 0 Å². The zero-order valence-electron chi connectivity index (χ0n) is 6.57. The van der Waals surface area contributed by atoms with Crippen molar-refractivity contribution in [1.82, 2.24) is 5.32 Å². The number of ether oxygens (including phenoxy) is 1. The maximum atomic E-state index is 12.3. The van der Waals surface area contributed by atoms with Gasteiger partial charge in [0.2, 0.25) is 0 Å². The van der Waals surface area contributed by atoms with Crippen molar-refractivity contribution in [3.63, 3.8) is 0 Å². The van der Waals surface area contributed by atoms with Crippen LogP contribution < -0.4 is 5.32 Å². The highest BCUT2D eigenvalue weighted by Crippen LogP contribution is 2.19. The summed E-state index contributed by atoms with van der Waals surface area (Å²) in [5.41, 5.74) is 0. The number of alkyl halides is 2. The molecule has 0 spiro atoms. The Morgan fingerprint density at radius 3 is 2.73 bits per heavy atom. The fourth-order valence-corrected chi connectivity index (χ4v) is 1.21. The summed E-state index contributed by atoms with van der Waals surface area (Å²) < 4.78 is 29.0. The van der Waals surface area contributed by atoms with E-state index in [1.807, 2.05) is 0 Å². The predicted molar refractivity (Wildman–Crippen MR) is 37.6 cm³/mol. The summed E-state index contributed by atoms with van der Waals surface area (Å²) in [5, 5.41) is 3.00. The van der Waals surface area contributed by atoms with Crippen LogP contribution in [0.4, 0.5) is 8.78 Å². The number of piperidine rings is 1. The van der Waals surface area contributed by atoms with Gasteiger partial charge in [-0.1, -0.05) is 0 Å². The first-order chi connectivity index (χ1) is 5.08. The van der Waals surface area contributed by atoms with Crippen LogP contribution in [-0.2, 0) is 4.74 Å². The summed E-state index contributed by atoms with van der Waals surface area (Å²) >= 11 is 0. The van der Waals surface area contributed by atoms with Crippen molar-refractivity contribution in [2.24, 2.45) is 0 Å². The molecule has 1 rings (SSSR count). The molecule has 0 bridgehead atoms. The molecule has 0 amide bonds. The molecule has 0 aromatic carbocycles. The zero-order chi connectivity index (χ0) is 8.32. The fraction of sp³-hybridized carbons (Fsp3) is 1.00.